The Bertz CT molecular complexity index is 1450. The molecule has 6 rings (SSSR count). The van der Waals surface area contributed by atoms with Gasteiger partial charge in [0.25, 0.3) is 0 Å². The molecule has 0 bridgehead atoms. The number of anilines is 3. The Kier molecular flexibility index (Phi) is 6.78. The quantitative estimate of drug-likeness (QED) is 0.407. The molecule has 10 heteroatoms. The number of hydrogen-bond donors (Lipinski definition) is 2. The van der Waals surface area contributed by atoms with Crippen molar-refractivity contribution in [2.45, 2.75) is 32.1 Å². The van der Waals surface area contributed by atoms with E-state index in [2.05, 4.69) is 20.2 Å². The smallest absolute Gasteiger partial charge is 0.227 e. The number of nitrogens with one attached hydrogen (secondary N) is 1. The van der Waals surface area contributed by atoms with E-state index in [0.717, 1.165) is 66.9 Å². The number of nitrogens with zero attached hydrogens (tertiary/aromatic N) is 6. The molecule has 2 aliphatic rings. The van der Waals surface area contributed by atoms with Crippen LogP contribution in [0, 0.1) is 5.92 Å². The molecule has 194 valence electrons. The number of hydrogen-bond acceptors (Lipinski definition) is 9. The number of amides is 1. The van der Waals surface area contributed by atoms with Crippen molar-refractivity contribution in [2.24, 2.45) is 5.92 Å². The Hall–Kier alpha value is -4.18. The van der Waals surface area contributed by atoms with Gasteiger partial charge in [-0.3, -0.25) is 9.78 Å². The predicted molar refractivity (Wildman–Crippen MR) is 146 cm³/mol. The topological polar surface area (TPSA) is 132 Å². The summed E-state index contributed by atoms with van der Waals surface area (Å²) in [4.78, 5) is 37.7. The van der Waals surface area contributed by atoms with Crippen molar-refractivity contribution in [2.75, 3.05) is 42.3 Å². The first kappa shape index (κ1) is 24.2. The van der Waals surface area contributed by atoms with Crippen LogP contribution in [-0.4, -0.2) is 57.1 Å². The second kappa shape index (κ2) is 10.7. The number of nitrogen functional groups attached to an aromatic ring is 1. The lowest BCUT2D eigenvalue weighted by molar-refractivity contribution is -0.120. The average molecular weight is 511 g/mol. The molecule has 3 aromatic heterocycles. The third-order valence-corrected chi connectivity index (χ3v) is 7.20. The van der Waals surface area contributed by atoms with E-state index < -0.39 is 0 Å². The van der Waals surface area contributed by atoms with Crippen LogP contribution in [0.1, 0.15) is 32.1 Å². The van der Waals surface area contributed by atoms with Crippen molar-refractivity contribution in [3.8, 4) is 22.5 Å². The van der Waals surface area contributed by atoms with Crippen LogP contribution in [0.4, 0.5) is 17.5 Å². The summed E-state index contributed by atoms with van der Waals surface area (Å²) in [6.45, 7) is 2.69. The predicted octanol–water partition coefficient (Wildman–Crippen LogP) is 4.09. The lowest BCUT2D eigenvalue weighted by atomic mass is 9.88. The van der Waals surface area contributed by atoms with E-state index >= 15 is 0 Å². The highest BCUT2D eigenvalue weighted by Crippen LogP contribution is 2.31. The molecule has 0 atom stereocenters. The fourth-order valence-electron chi connectivity index (χ4n) is 5.12. The van der Waals surface area contributed by atoms with Gasteiger partial charge in [-0.1, -0.05) is 31.4 Å². The Morgan fingerprint density at radius 2 is 1.68 bits per heavy atom. The van der Waals surface area contributed by atoms with Crippen LogP contribution in [0.15, 0.2) is 48.9 Å². The number of pyridine rings is 1. The fraction of sp³-hybridized carbons (Fsp3) is 0.357. The standard InChI is InChI=1S/C28H30N8O2/c29-28-31-16-21(17-32-28)25-34-23-14-20(15-30-24(23)26(35-25)36-9-11-38-12-10-36)19-7-4-8-22(13-19)33-27(37)18-5-2-1-3-6-18/h4,7-8,13-18H,1-3,5-6,9-12H2,(H,33,37)(H2,29,31,32). The maximum absolute atomic E-state index is 12.8. The summed E-state index contributed by atoms with van der Waals surface area (Å²) in [5.74, 6) is 1.66. The zero-order valence-corrected chi connectivity index (χ0v) is 21.1. The number of carbonyl (C=O) groups is 1. The second-order valence-corrected chi connectivity index (χ2v) is 9.80. The first-order valence-electron chi connectivity index (χ1n) is 13.1. The highest BCUT2D eigenvalue weighted by atomic mass is 16.5. The van der Waals surface area contributed by atoms with Crippen molar-refractivity contribution in [1.82, 2.24) is 24.9 Å². The Balaban J connectivity index is 1.36. The molecule has 0 spiro atoms. The van der Waals surface area contributed by atoms with Gasteiger partial charge in [0.1, 0.15) is 5.52 Å². The number of benzene rings is 1. The Labute approximate surface area is 220 Å². The zero-order chi connectivity index (χ0) is 25.9. The van der Waals surface area contributed by atoms with Crippen molar-refractivity contribution in [3.63, 3.8) is 0 Å². The van der Waals surface area contributed by atoms with Crippen LogP contribution in [0.3, 0.4) is 0 Å². The summed E-state index contributed by atoms with van der Waals surface area (Å²) in [5.41, 5.74) is 10.4. The van der Waals surface area contributed by atoms with Gasteiger partial charge in [-0.2, -0.15) is 0 Å². The van der Waals surface area contributed by atoms with Gasteiger partial charge in [0.2, 0.25) is 11.9 Å². The first-order chi connectivity index (χ1) is 18.6. The second-order valence-electron chi connectivity index (χ2n) is 9.80. The van der Waals surface area contributed by atoms with E-state index in [-0.39, 0.29) is 17.8 Å². The summed E-state index contributed by atoms with van der Waals surface area (Å²) < 4.78 is 5.55. The normalized spacial score (nSPS) is 16.5. The highest BCUT2D eigenvalue weighted by Gasteiger charge is 2.22. The molecule has 2 fully saturated rings. The van der Waals surface area contributed by atoms with Gasteiger partial charge in [-0.25, -0.2) is 19.9 Å². The summed E-state index contributed by atoms with van der Waals surface area (Å²) in [7, 11) is 0. The SMILES string of the molecule is Nc1ncc(-c2nc(N3CCOCC3)c3ncc(-c4cccc(NC(=O)C5CCCCC5)c4)cc3n2)cn1. The van der Waals surface area contributed by atoms with E-state index in [1.807, 2.05) is 36.5 Å². The zero-order valence-electron chi connectivity index (χ0n) is 21.1. The van der Waals surface area contributed by atoms with Crippen LogP contribution in [0.2, 0.25) is 0 Å². The van der Waals surface area contributed by atoms with Gasteiger partial charge in [-0.15, -0.1) is 0 Å². The van der Waals surface area contributed by atoms with Crippen molar-refractivity contribution in [3.05, 3.63) is 48.9 Å². The van der Waals surface area contributed by atoms with Gasteiger partial charge >= 0.3 is 0 Å². The third kappa shape index (κ3) is 5.12. The molecular formula is C28H30N8O2. The molecule has 1 aliphatic carbocycles. The van der Waals surface area contributed by atoms with Gasteiger partial charge < -0.3 is 20.7 Å². The largest absolute Gasteiger partial charge is 0.378 e. The molecule has 0 unspecified atom stereocenters. The van der Waals surface area contributed by atoms with Crippen LogP contribution in [0.5, 0.6) is 0 Å². The molecule has 4 heterocycles. The summed E-state index contributed by atoms with van der Waals surface area (Å²) >= 11 is 0. The van der Waals surface area contributed by atoms with Crippen LogP contribution in [0.25, 0.3) is 33.5 Å². The van der Waals surface area contributed by atoms with Crippen molar-refractivity contribution in [1.29, 1.82) is 0 Å². The minimum absolute atomic E-state index is 0.0980. The third-order valence-electron chi connectivity index (χ3n) is 7.20. The molecule has 1 aliphatic heterocycles. The first-order valence-corrected chi connectivity index (χ1v) is 13.1. The molecule has 1 saturated heterocycles. The van der Waals surface area contributed by atoms with Gasteiger partial charge in [0.15, 0.2) is 11.6 Å². The fourth-order valence-corrected chi connectivity index (χ4v) is 5.12. The summed E-state index contributed by atoms with van der Waals surface area (Å²) in [5, 5.41) is 3.12. The van der Waals surface area contributed by atoms with Gasteiger partial charge in [-0.05, 0) is 36.6 Å². The van der Waals surface area contributed by atoms with Crippen LogP contribution < -0.4 is 16.0 Å². The number of aromatic nitrogens is 5. The highest BCUT2D eigenvalue weighted by molar-refractivity contribution is 5.94. The monoisotopic (exact) mass is 510 g/mol. The number of carbonyl (C=O) groups excluding carboxylic acids is 1. The number of ether oxygens (including phenoxy) is 1. The molecule has 10 nitrogen and oxygen atoms in total. The number of rotatable bonds is 5. The van der Waals surface area contributed by atoms with E-state index in [4.69, 9.17) is 25.4 Å². The lowest BCUT2D eigenvalue weighted by Gasteiger charge is -2.28. The molecule has 3 N–H and O–H groups in total. The molecule has 1 amide bonds. The minimum atomic E-state index is 0.0980. The molecule has 38 heavy (non-hydrogen) atoms. The van der Waals surface area contributed by atoms with Crippen LogP contribution >= 0.6 is 0 Å². The minimum Gasteiger partial charge on any atom is -0.378 e. The van der Waals surface area contributed by atoms with Crippen LogP contribution in [-0.2, 0) is 9.53 Å². The average Bonchev–Trinajstić information content (AvgIpc) is 2.97. The molecular weight excluding hydrogens is 480 g/mol. The maximum Gasteiger partial charge on any atom is 0.227 e. The summed E-state index contributed by atoms with van der Waals surface area (Å²) in [6.07, 6.45) is 10.5. The summed E-state index contributed by atoms with van der Waals surface area (Å²) in [6, 6.07) is 9.89. The number of fused-ring (bicyclic) bond motifs is 1. The number of nitrogens with two attached hydrogens (primary N) is 1. The van der Waals surface area contributed by atoms with Gasteiger partial charge in [0, 0.05) is 48.8 Å². The maximum atomic E-state index is 12.8. The van der Waals surface area contributed by atoms with E-state index in [1.54, 1.807) is 12.4 Å². The van der Waals surface area contributed by atoms with Gasteiger partial charge in [0.05, 0.1) is 24.3 Å². The molecule has 1 saturated carbocycles. The van der Waals surface area contributed by atoms with Crippen molar-refractivity contribution < 1.29 is 9.53 Å². The molecule has 4 aromatic rings. The molecule has 0 radical (unpaired) electrons. The number of morpholine rings is 1. The van der Waals surface area contributed by atoms with Crippen molar-refractivity contribution >= 4 is 34.4 Å². The van der Waals surface area contributed by atoms with E-state index in [9.17, 15) is 4.79 Å². The Morgan fingerprint density at radius 1 is 0.921 bits per heavy atom. The van der Waals surface area contributed by atoms with E-state index in [0.29, 0.717) is 30.1 Å². The lowest BCUT2D eigenvalue weighted by Crippen LogP contribution is -2.37. The molecule has 1 aromatic carbocycles. The Morgan fingerprint density at radius 3 is 2.47 bits per heavy atom. The van der Waals surface area contributed by atoms with E-state index in [1.165, 1.54) is 6.42 Å².